The molecule has 0 heterocycles. The Morgan fingerprint density at radius 3 is 2.59 bits per heavy atom. The summed E-state index contributed by atoms with van der Waals surface area (Å²) in [7, 11) is 0. The molecular weight excluding hydrogens is 220 g/mol. The molecule has 0 aromatic rings. The van der Waals surface area contributed by atoms with E-state index < -0.39 is 5.97 Å². The largest absolute Gasteiger partial charge is 0.481 e. The van der Waals surface area contributed by atoms with Crippen LogP contribution in [0.1, 0.15) is 39.5 Å². The molecule has 1 aliphatic carbocycles. The van der Waals surface area contributed by atoms with Crippen LogP contribution in [-0.4, -0.2) is 29.7 Å². The molecule has 1 fully saturated rings. The summed E-state index contributed by atoms with van der Waals surface area (Å²) in [5.41, 5.74) is 0. The van der Waals surface area contributed by atoms with Crippen LogP contribution in [0.2, 0.25) is 0 Å². The Morgan fingerprint density at radius 1 is 1.47 bits per heavy atom. The van der Waals surface area contributed by atoms with E-state index in [1.165, 1.54) is 6.42 Å². The summed E-state index contributed by atoms with van der Waals surface area (Å²) in [4.78, 5) is 22.1. The smallest absolute Gasteiger partial charge is 0.315 e. The Bertz CT molecular complexity index is 281. The zero-order chi connectivity index (χ0) is 12.8. The average Bonchev–Trinajstić information content (AvgIpc) is 2.91. The van der Waals surface area contributed by atoms with Crippen LogP contribution in [0.25, 0.3) is 0 Å². The zero-order valence-corrected chi connectivity index (χ0v) is 10.5. The molecule has 0 saturated heterocycles. The van der Waals surface area contributed by atoms with Crippen molar-refractivity contribution in [3.63, 3.8) is 0 Å². The molecule has 3 atom stereocenters. The van der Waals surface area contributed by atoms with Crippen LogP contribution in [0.3, 0.4) is 0 Å². The van der Waals surface area contributed by atoms with Gasteiger partial charge in [0.2, 0.25) is 0 Å². The number of urea groups is 1. The fraction of sp³-hybridized carbons (Fsp3) is 0.833. The molecule has 17 heavy (non-hydrogen) atoms. The molecule has 1 rings (SSSR count). The van der Waals surface area contributed by atoms with Gasteiger partial charge in [-0.3, -0.25) is 4.79 Å². The molecule has 0 radical (unpaired) electrons. The van der Waals surface area contributed by atoms with E-state index in [0.29, 0.717) is 24.8 Å². The van der Waals surface area contributed by atoms with E-state index in [4.69, 9.17) is 5.11 Å². The van der Waals surface area contributed by atoms with Crippen molar-refractivity contribution in [1.82, 2.24) is 10.6 Å². The molecular formula is C12H22N2O3. The number of nitrogens with one attached hydrogen (secondary N) is 2. The van der Waals surface area contributed by atoms with E-state index in [1.54, 1.807) is 0 Å². The summed E-state index contributed by atoms with van der Waals surface area (Å²) < 4.78 is 0. The van der Waals surface area contributed by atoms with Gasteiger partial charge in [-0.05, 0) is 24.7 Å². The molecule has 98 valence electrons. The summed E-state index contributed by atoms with van der Waals surface area (Å²) in [6.45, 7) is 4.83. The van der Waals surface area contributed by atoms with Crippen LogP contribution in [0, 0.1) is 11.8 Å². The topological polar surface area (TPSA) is 78.4 Å². The first kappa shape index (κ1) is 13.8. The Morgan fingerprint density at radius 2 is 2.12 bits per heavy atom. The van der Waals surface area contributed by atoms with E-state index in [2.05, 4.69) is 17.6 Å². The van der Waals surface area contributed by atoms with Crippen molar-refractivity contribution in [3.05, 3.63) is 0 Å². The standard InChI is InChI=1S/C12H22N2O3/c1-3-4-10(6-11(15)16)14-12(17)13-7-9-5-8(9)2/h8-10H,3-7H2,1-2H3,(H,15,16)(H2,13,14,17). The number of hydrogen-bond donors (Lipinski definition) is 3. The monoisotopic (exact) mass is 242 g/mol. The molecule has 3 N–H and O–H groups in total. The van der Waals surface area contributed by atoms with Gasteiger partial charge in [0.15, 0.2) is 0 Å². The Balaban J connectivity index is 2.22. The number of hydrogen-bond acceptors (Lipinski definition) is 2. The average molecular weight is 242 g/mol. The summed E-state index contributed by atoms with van der Waals surface area (Å²) in [6, 6.07) is -0.516. The minimum atomic E-state index is -0.875. The predicted octanol–water partition coefficient (Wildman–Crippen LogP) is 1.58. The van der Waals surface area contributed by atoms with Gasteiger partial charge in [-0.25, -0.2) is 4.79 Å². The summed E-state index contributed by atoms with van der Waals surface area (Å²) in [6.07, 6.45) is 2.71. The van der Waals surface area contributed by atoms with Crippen LogP contribution in [-0.2, 0) is 4.79 Å². The van der Waals surface area contributed by atoms with Crippen LogP contribution in [0.4, 0.5) is 4.79 Å². The Hall–Kier alpha value is -1.26. The second-order valence-corrected chi connectivity index (χ2v) is 4.91. The number of carboxylic acid groups (broad SMARTS) is 1. The lowest BCUT2D eigenvalue weighted by Crippen LogP contribution is -2.43. The normalized spacial score (nSPS) is 23.9. The fourth-order valence-electron chi connectivity index (χ4n) is 1.93. The molecule has 0 spiro atoms. The fourth-order valence-corrected chi connectivity index (χ4v) is 1.93. The lowest BCUT2D eigenvalue weighted by Gasteiger charge is -2.16. The predicted molar refractivity (Wildman–Crippen MR) is 64.8 cm³/mol. The van der Waals surface area contributed by atoms with Gasteiger partial charge in [-0.1, -0.05) is 20.3 Å². The second-order valence-electron chi connectivity index (χ2n) is 4.91. The number of carbonyl (C=O) groups excluding carboxylic acids is 1. The first-order valence-electron chi connectivity index (χ1n) is 6.29. The maximum atomic E-state index is 11.5. The van der Waals surface area contributed by atoms with Crippen molar-refractivity contribution in [1.29, 1.82) is 0 Å². The summed E-state index contributed by atoms with van der Waals surface area (Å²) >= 11 is 0. The van der Waals surface area contributed by atoms with Gasteiger partial charge in [0.05, 0.1) is 6.42 Å². The second kappa shape index (κ2) is 6.47. The van der Waals surface area contributed by atoms with Gasteiger partial charge >= 0.3 is 12.0 Å². The van der Waals surface area contributed by atoms with Crippen molar-refractivity contribution in [2.75, 3.05) is 6.54 Å². The molecule has 2 amide bonds. The Labute approximate surface area is 102 Å². The van der Waals surface area contributed by atoms with Gasteiger partial charge in [-0.15, -0.1) is 0 Å². The summed E-state index contributed by atoms with van der Waals surface area (Å²) in [5.74, 6) is 0.435. The Kier molecular flexibility index (Phi) is 5.25. The first-order chi connectivity index (χ1) is 8.02. The van der Waals surface area contributed by atoms with E-state index >= 15 is 0 Å². The van der Waals surface area contributed by atoms with E-state index in [9.17, 15) is 9.59 Å². The van der Waals surface area contributed by atoms with Gasteiger partial charge in [0.1, 0.15) is 0 Å². The number of carbonyl (C=O) groups is 2. The van der Waals surface area contributed by atoms with Crippen LogP contribution in [0.5, 0.6) is 0 Å². The van der Waals surface area contributed by atoms with Crippen molar-refractivity contribution in [2.24, 2.45) is 11.8 Å². The van der Waals surface area contributed by atoms with Crippen LogP contribution in [0.15, 0.2) is 0 Å². The minimum Gasteiger partial charge on any atom is -0.481 e. The number of aliphatic carboxylic acids is 1. The van der Waals surface area contributed by atoms with Gasteiger partial charge in [0, 0.05) is 12.6 Å². The highest BCUT2D eigenvalue weighted by Gasteiger charge is 2.32. The first-order valence-corrected chi connectivity index (χ1v) is 6.29. The third kappa shape index (κ3) is 5.56. The molecule has 3 unspecified atom stereocenters. The van der Waals surface area contributed by atoms with Crippen molar-refractivity contribution in [2.45, 2.75) is 45.6 Å². The van der Waals surface area contributed by atoms with E-state index in [-0.39, 0.29) is 18.5 Å². The highest BCUT2D eigenvalue weighted by molar-refractivity contribution is 5.75. The number of rotatable bonds is 7. The maximum Gasteiger partial charge on any atom is 0.315 e. The molecule has 0 aliphatic heterocycles. The van der Waals surface area contributed by atoms with Crippen LogP contribution < -0.4 is 10.6 Å². The van der Waals surface area contributed by atoms with Gasteiger partial charge < -0.3 is 15.7 Å². The van der Waals surface area contributed by atoms with Crippen molar-refractivity contribution < 1.29 is 14.7 Å². The molecule has 0 aromatic heterocycles. The van der Waals surface area contributed by atoms with Crippen molar-refractivity contribution >= 4 is 12.0 Å². The molecule has 1 saturated carbocycles. The number of amides is 2. The third-order valence-electron chi connectivity index (χ3n) is 3.19. The number of carboxylic acids is 1. The zero-order valence-electron chi connectivity index (χ0n) is 10.5. The van der Waals surface area contributed by atoms with E-state index in [0.717, 1.165) is 6.42 Å². The van der Waals surface area contributed by atoms with Gasteiger partial charge in [-0.2, -0.15) is 0 Å². The maximum absolute atomic E-state index is 11.5. The SMILES string of the molecule is CCCC(CC(=O)O)NC(=O)NCC1CC1C. The molecule has 5 nitrogen and oxygen atoms in total. The summed E-state index contributed by atoms with van der Waals surface area (Å²) in [5, 5.41) is 14.2. The molecule has 0 bridgehead atoms. The van der Waals surface area contributed by atoms with Gasteiger partial charge in [0.25, 0.3) is 0 Å². The third-order valence-corrected chi connectivity index (χ3v) is 3.19. The highest BCUT2D eigenvalue weighted by Crippen LogP contribution is 2.36. The minimum absolute atomic E-state index is 0.0128. The molecule has 5 heteroatoms. The quantitative estimate of drug-likeness (QED) is 0.634. The lowest BCUT2D eigenvalue weighted by molar-refractivity contribution is -0.137. The lowest BCUT2D eigenvalue weighted by atomic mass is 10.1. The van der Waals surface area contributed by atoms with Crippen molar-refractivity contribution in [3.8, 4) is 0 Å². The van der Waals surface area contributed by atoms with Crippen LogP contribution >= 0.6 is 0 Å². The highest BCUT2D eigenvalue weighted by atomic mass is 16.4. The van der Waals surface area contributed by atoms with E-state index in [1.807, 2.05) is 6.92 Å². The molecule has 1 aliphatic rings. The molecule has 0 aromatic carbocycles.